The Kier molecular flexibility index (Phi) is 6.69. The van der Waals surface area contributed by atoms with E-state index in [0.717, 1.165) is 12.1 Å². The van der Waals surface area contributed by atoms with Gasteiger partial charge in [-0.25, -0.2) is 13.1 Å². The zero-order valence-corrected chi connectivity index (χ0v) is 19.3. The highest BCUT2D eigenvalue weighted by molar-refractivity contribution is 7.89. The average Bonchev–Trinajstić information content (AvgIpc) is 3.17. The Morgan fingerprint density at radius 1 is 1.19 bits per heavy atom. The lowest BCUT2D eigenvalue weighted by Gasteiger charge is -2.30. The lowest BCUT2D eigenvalue weighted by Crippen LogP contribution is -2.34. The third-order valence-corrected chi connectivity index (χ3v) is 7.36. The van der Waals surface area contributed by atoms with Gasteiger partial charge in [-0.2, -0.15) is 5.10 Å². The fraction of sp³-hybridized carbons (Fsp3) is 0.238. The Bertz CT molecular complexity index is 1170. The van der Waals surface area contributed by atoms with Crippen LogP contribution in [-0.2, 0) is 10.0 Å². The predicted molar refractivity (Wildman–Crippen MR) is 125 cm³/mol. The fourth-order valence-corrected chi connectivity index (χ4v) is 5.24. The number of benzene rings is 1. The second-order valence-corrected chi connectivity index (χ2v) is 10.3. The third-order valence-electron chi connectivity index (χ3n) is 5.16. The summed E-state index contributed by atoms with van der Waals surface area (Å²) in [6, 6.07) is 8.29. The minimum absolute atomic E-state index is 0.0335. The van der Waals surface area contributed by atoms with Gasteiger partial charge in [-0.05, 0) is 42.8 Å². The summed E-state index contributed by atoms with van der Waals surface area (Å²) in [5.41, 5.74) is 1.42. The maximum absolute atomic E-state index is 12.6. The van der Waals surface area contributed by atoms with Gasteiger partial charge < -0.3 is 0 Å². The number of hydrogen-bond acceptors (Lipinski definition) is 5. The average molecular weight is 498 g/mol. The smallest absolute Gasteiger partial charge is 0.242 e. The molecule has 2 aliphatic rings. The number of anilines is 1. The van der Waals surface area contributed by atoms with Crippen molar-refractivity contribution in [2.45, 2.75) is 23.8 Å². The van der Waals surface area contributed by atoms with Crippen molar-refractivity contribution >= 4 is 56.2 Å². The van der Waals surface area contributed by atoms with Crippen LogP contribution in [0, 0.1) is 5.92 Å². The topological polar surface area (TPSA) is 74.7 Å². The quantitative estimate of drug-likeness (QED) is 0.609. The highest BCUT2D eigenvalue weighted by Gasteiger charge is 2.34. The van der Waals surface area contributed by atoms with E-state index in [-0.39, 0.29) is 23.4 Å². The van der Waals surface area contributed by atoms with Gasteiger partial charge in [-0.1, -0.05) is 47.0 Å². The predicted octanol–water partition coefficient (Wildman–Crippen LogP) is 5.00. The van der Waals surface area contributed by atoms with Crippen molar-refractivity contribution in [3.05, 3.63) is 76.0 Å². The number of sulfonamides is 1. The summed E-state index contributed by atoms with van der Waals surface area (Å²) in [6.45, 7) is 0.0858. The van der Waals surface area contributed by atoms with Crippen LogP contribution in [-0.4, -0.2) is 31.7 Å². The molecule has 0 amide bonds. The summed E-state index contributed by atoms with van der Waals surface area (Å²) >= 11 is 18.6. The molecule has 31 heavy (non-hydrogen) atoms. The Morgan fingerprint density at radius 2 is 2.03 bits per heavy atom. The van der Waals surface area contributed by atoms with Crippen molar-refractivity contribution in [3.63, 3.8) is 0 Å². The van der Waals surface area contributed by atoms with Gasteiger partial charge in [0.1, 0.15) is 4.90 Å². The molecule has 1 N–H and O–H groups in total. The van der Waals surface area contributed by atoms with E-state index in [4.69, 9.17) is 39.9 Å². The molecule has 1 aromatic carbocycles. The number of hydrazone groups is 1. The lowest BCUT2D eigenvalue weighted by atomic mass is 9.89. The second kappa shape index (κ2) is 9.30. The molecule has 0 bridgehead atoms. The third kappa shape index (κ3) is 5.13. The molecular weight excluding hydrogens is 479 g/mol. The number of nitrogens with one attached hydrogen (secondary N) is 1. The summed E-state index contributed by atoms with van der Waals surface area (Å²) < 4.78 is 27.7. The summed E-state index contributed by atoms with van der Waals surface area (Å²) in [5.74, 6) is 0.144. The molecule has 4 rings (SSSR count). The van der Waals surface area contributed by atoms with Gasteiger partial charge in [0.15, 0.2) is 0 Å². The van der Waals surface area contributed by atoms with E-state index in [9.17, 15) is 8.42 Å². The lowest BCUT2D eigenvalue weighted by molar-refractivity contribution is 0.499. The van der Waals surface area contributed by atoms with Crippen LogP contribution in [0.4, 0.5) is 5.69 Å². The molecule has 6 nitrogen and oxygen atoms in total. The van der Waals surface area contributed by atoms with E-state index in [2.05, 4.69) is 15.8 Å². The largest absolute Gasteiger partial charge is 0.263 e. The Balaban J connectivity index is 1.58. The van der Waals surface area contributed by atoms with Gasteiger partial charge in [0.2, 0.25) is 10.0 Å². The SMILES string of the molecule is O=S(=O)(NCC1=NN(c2ccc(Cl)cc2Cl)[C@H](C2C=CC(Cl)=CC2)C1)c1cccnc1. The minimum Gasteiger partial charge on any atom is -0.263 e. The summed E-state index contributed by atoms with van der Waals surface area (Å²) in [7, 11) is -3.69. The molecule has 0 radical (unpaired) electrons. The Hall–Kier alpha value is -1.90. The molecule has 10 heteroatoms. The first-order valence-corrected chi connectivity index (χ1v) is 12.2. The van der Waals surface area contributed by atoms with Gasteiger partial charge in [0.25, 0.3) is 0 Å². The van der Waals surface area contributed by atoms with Crippen LogP contribution in [0.1, 0.15) is 12.8 Å². The molecule has 162 valence electrons. The van der Waals surface area contributed by atoms with Crippen molar-refractivity contribution < 1.29 is 8.42 Å². The van der Waals surface area contributed by atoms with Crippen LogP contribution in [0.3, 0.4) is 0 Å². The highest BCUT2D eigenvalue weighted by atomic mass is 35.5. The van der Waals surface area contributed by atoms with Crippen LogP contribution >= 0.6 is 34.8 Å². The van der Waals surface area contributed by atoms with Crippen LogP contribution in [0.15, 0.2) is 76.0 Å². The van der Waals surface area contributed by atoms with Crippen LogP contribution < -0.4 is 9.73 Å². The first-order valence-electron chi connectivity index (χ1n) is 9.58. The van der Waals surface area contributed by atoms with Gasteiger partial charge in [0.05, 0.1) is 29.0 Å². The number of rotatable bonds is 6. The number of halogens is 3. The molecule has 2 atom stereocenters. The Labute approximate surface area is 196 Å². The summed E-state index contributed by atoms with van der Waals surface area (Å²) in [4.78, 5) is 3.98. The van der Waals surface area contributed by atoms with Crippen molar-refractivity contribution in [1.82, 2.24) is 9.71 Å². The van der Waals surface area contributed by atoms with Gasteiger partial charge in [-0.3, -0.25) is 9.99 Å². The van der Waals surface area contributed by atoms with Crippen molar-refractivity contribution in [2.24, 2.45) is 11.0 Å². The zero-order valence-electron chi connectivity index (χ0n) is 16.2. The maximum Gasteiger partial charge on any atom is 0.242 e. The normalized spacial score (nSPS) is 21.2. The van der Waals surface area contributed by atoms with E-state index in [1.54, 1.807) is 18.2 Å². The van der Waals surface area contributed by atoms with Gasteiger partial charge in [-0.15, -0.1) is 0 Å². The van der Waals surface area contributed by atoms with E-state index >= 15 is 0 Å². The van der Waals surface area contributed by atoms with Crippen molar-refractivity contribution in [2.75, 3.05) is 11.6 Å². The van der Waals surface area contributed by atoms with E-state index in [0.29, 0.717) is 27.2 Å². The molecule has 0 saturated carbocycles. The minimum atomic E-state index is -3.69. The monoisotopic (exact) mass is 496 g/mol. The second-order valence-electron chi connectivity index (χ2n) is 7.24. The number of allylic oxidation sites excluding steroid dienone is 3. The molecular formula is C21H19Cl3N4O2S. The molecule has 1 aliphatic heterocycles. The number of pyridine rings is 1. The van der Waals surface area contributed by atoms with Crippen molar-refractivity contribution in [3.8, 4) is 0 Å². The van der Waals surface area contributed by atoms with E-state index in [1.165, 1.54) is 18.5 Å². The molecule has 2 heterocycles. The maximum atomic E-state index is 12.6. The standard InChI is InChI=1S/C21H19Cl3N4O2S/c22-15-5-3-14(4-6-15)21-11-17(12-26-31(29,30)18-2-1-9-25-13-18)27-28(21)20-8-7-16(23)10-19(20)24/h1-3,5-10,13-14,21,26H,4,11-12H2/t14?,21-/m0/s1. The zero-order chi connectivity index (χ0) is 22.0. The number of aromatic nitrogens is 1. The fourth-order valence-electron chi connectivity index (χ4n) is 3.60. The highest BCUT2D eigenvalue weighted by Crippen LogP contribution is 2.37. The first kappa shape index (κ1) is 22.3. The van der Waals surface area contributed by atoms with Crippen LogP contribution in [0.5, 0.6) is 0 Å². The van der Waals surface area contributed by atoms with E-state index < -0.39 is 10.0 Å². The molecule has 2 aromatic rings. The van der Waals surface area contributed by atoms with E-state index in [1.807, 2.05) is 23.2 Å². The molecule has 0 saturated heterocycles. The molecule has 1 aromatic heterocycles. The molecule has 1 aliphatic carbocycles. The number of nitrogens with zero attached hydrogens (tertiary/aromatic N) is 3. The first-order chi connectivity index (χ1) is 14.8. The van der Waals surface area contributed by atoms with Gasteiger partial charge >= 0.3 is 0 Å². The van der Waals surface area contributed by atoms with Crippen LogP contribution in [0.2, 0.25) is 10.0 Å². The molecule has 0 fully saturated rings. The van der Waals surface area contributed by atoms with Crippen molar-refractivity contribution in [1.29, 1.82) is 0 Å². The summed E-state index contributed by atoms with van der Waals surface area (Å²) in [5, 5.41) is 8.28. The summed E-state index contributed by atoms with van der Waals surface area (Å²) in [6.07, 6.45) is 10.1. The van der Waals surface area contributed by atoms with Gasteiger partial charge in [0, 0.05) is 34.8 Å². The Morgan fingerprint density at radius 3 is 2.71 bits per heavy atom. The number of hydrogen-bond donors (Lipinski definition) is 1. The molecule has 1 unspecified atom stereocenters. The molecule has 0 spiro atoms. The van der Waals surface area contributed by atoms with Crippen LogP contribution in [0.25, 0.3) is 0 Å².